The first-order valence-corrected chi connectivity index (χ1v) is 5.76. The van der Waals surface area contributed by atoms with E-state index in [2.05, 4.69) is 17.6 Å². The van der Waals surface area contributed by atoms with Crippen molar-refractivity contribution < 1.29 is 4.74 Å². The molecule has 1 aromatic heterocycles. The number of pyridine rings is 1. The van der Waals surface area contributed by atoms with Gasteiger partial charge in [-0.2, -0.15) is 12.6 Å². The molecule has 2 nitrogen and oxygen atoms in total. The van der Waals surface area contributed by atoms with E-state index < -0.39 is 0 Å². The normalized spacial score (nSPS) is 10.2. The summed E-state index contributed by atoms with van der Waals surface area (Å²) in [6.07, 6.45) is 3.60. The van der Waals surface area contributed by atoms with Gasteiger partial charge < -0.3 is 4.74 Å². The lowest BCUT2D eigenvalue weighted by atomic mass is 10.5. The highest BCUT2D eigenvalue weighted by atomic mass is 32.2. The molecule has 0 spiro atoms. The largest absolute Gasteiger partial charge is 0.380 e. The highest BCUT2D eigenvalue weighted by Gasteiger charge is 1.92. The standard InChI is InChI=1S/C9H13NOS2/c12-7-5-11-6-8-13-9-1-3-10-4-2-9/h1-4,12H,5-8H2. The summed E-state index contributed by atoms with van der Waals surface area (Å²) in [5.41, 5.74) is 0. The van der Waals surface area contributed by atoms with Crippen LogP contribution in [0.3, 0.4) is 0 Å². The Balaban J connectivity index is 2.07. The minimum Gasteiger partial charge on any atom is -0.380 e. The fourth-order valence-corrected chi connectivity index (χ4v) is 1.70. The molecule has 1 rings (SSSR count). The van der Waals surface area contributed by atoms with Gasteiger partial charge in [-0.1, -0.05) is 0 Å². The van der Waals surface area contributed by atoms with Crippen LogP contribution in [0.1, 0.15) is 0 Å². The van der Waals surface area contributed by atoms with E-state index in [1.807, 2.05) is 12.1 Å². The molecule has 4 heteroatoms. The zero-order valence-electron chi connectivity index (χ0n) is 7.35. The topological polar surface area (TPSA) is 22.1 Å². The van der Waals surface area contributed by atoms with E-state index in [0.29, 0.717) is 0 Å². The summed E-state index contributed by atoms with van der Waals surface area (Å²) in [7, 11) is 0. The number of hydrogen-bond acceptors (Lipinski definition) is 4. The molecule has 0 atom stereocenters. The van der Waals surface area contributed by atoms with Crippen LogP contribution < -0.4 is 0 Å². The Bertz CT molecular complexity index is 218. The third-order valence-electron chi connectivity index (χ3n) is 1.38. The molecule has 0 aliphatic rings. The molecule has 72 valence electrons. The Morgan fingerprint density at radius 2 is 2.08 bits per heavy atom. The number of ether oxygens (including phenoxy) is 1. The van der Waals surface area contributed by atoms with Gasteiger partial charge in [-0.3, -0.25) is 4.98 Å². The lowest BCUT2D eigenvalue weighted by Crippen LogP contribution is -1.99. The van der Waals surface area contributed by atoms with E-state index >= 15 is 0 Å². The quantitative estimate of drug-likeness (QED) is 0.446. The van der Waals surface area contributed by atoms with Crippen molar-refractivity contribution in [3.63, 3.8) is 0 Å². The summed E-state index contributed by atoms with van der Waals surface area (Å²) in [5.74, 6) is 1.78. The van der Waals surface area contributed by atoms with Crippen molar-refractivity contribution in [2.75, 3.05) is 24.7 Å². The van der Waals surface area contributed by atoms with Crippen molar-refractivity contribution in [2.24, 2.45) is 0 Å². The van der Waals surface area contributed by atoms with Crippen LogP contribution in [0.2, 0.25) is 0 Å². The summed E-state index contributed by atoms with van der Waals surface area (Å²) in [6, 6.07) is 4.01. The van der Waals surface area contributed by atoms with Crippen molar-refractivity contribution >= 4 is 24.4 Å². The Morgan fingerprint density at radius 1 is 1.31 bits per heavy atom. The van der Waals surface area contributed by atoms with Crippen molar-refractivity contribution in [1.29, 1.82) is 0 Å². The third-order valence-corrected chi connectivity index (χ3v) is 2.54. The smallest absolute Gasteiger partial charge is 0.0560 e. The van der Waals surface area contributed by atoms with Gasteiger partial charge in [0.25, 0.3) is 0 Å². The minimum atomic E-state index is 0.736. The third kappa shape index (κ3) is 5.18. The molecule has 0 aliphatic carbocycles. The molecule has 1 aromatic rings. The monoisotopic (exact) mass is 215 g/mol. The van der Waals surface area contributed by atoms with Gasteiger partial charge in [-0.05, 0) is 12.1 Å². The summed E-state index contributed by atoms with van der Waals surface area (Å²) in [5, 5.41) is 0. The van der Waals surface area contributed by atoms with Gasteiger partial charge in [0, 0.05) is 28.8 Å². The molecule has 0 amide bonds. The molecule has 1 heterocycles. The number of aromatic nitrogens is 1. The van der Waals surface area contributed by atoms with Gasteiger partial charge in [0.2, 0.25) is 0 Å². The molecule has 0 saturated carbocycles. The fourth-order valence-electron chi connectivity index (χ4n) is 0.820. The second kappa shape index (κ2) is 7.24. The van der Waals surface area contributed by atoms with E-state index in [4.69, 9.17) is 4.74 Å². The number of thiol groups is 1. The molecule has 13 heavy (non-hydrogen) atoms. The summed E-state index contributed by atoms with van der Waals surface area (Å²) < 4.78 is 5.29. The van der Waals surface area contributed by atoms with Crippen LogP contribution in [0.5, 0.6) is 0 Å². The summed E-state index contributed by atoms with van der Waals surface area (Å²) in [6.45, 7) is 1.52. The molecule has 0 N–H and O–H groups in total. The Labute approximate surface area is 88.5 Å². The van der Waals surface area contributed by atoms with Gasteiger partial charge in [0.05, 0.1) is 13.2 Å². The second-order valence-corrected chi connectivity index (χ2v) is 3.98. The molecular formula is C9H13NOS2. The SMILES string of the molecule is SCCOCCSc1ccncc1. The highest BCUT2D eigenvalue weighted by molar-refractivity contribution is 7.99. The molecule has 0 bridgehead atoms. The van der Waals surface area contributed by atoms with E-state index in [0.717, 1.165) is 24.7 Å². The summed E-state index contributed by atoms with van der Waals surface area (Å²) in [4.78, 5) is 5.19. The predicted octanol–water partition coefficient (Wildman–Crippen LogP) is 2.12. The highest BCUT2D eigenvalue weighted by Crippen LogP contribution is 2.15. The van der Waals surface area contributed by atoms with Crippen LogP contribution >= 0.6 is 24.4 Å². The number of thioether (sulfide) groups is 1. The van der Waals surface area contributed by atoms with Crippen LogP contribution in [0.4, 0.5) is 0 Å². The minimum absolute atomic E-state index is 0.736. The van der Waals surface area contributed by atoms with Gasteiger partial charge in [0.1, 0.15) is 0 Å². The van der Waals surface area contributed by atoms with Gasteiger partial charge in [0.15, 0.2) is 0 Å². The number of nitrogens with zero attached hydrogens (tertiary/aromatic N) is 1. The summed E-state index contributed by atoms with van der Waals surface area (Å²) >= 11 is 5.83. The van der Waals surface area contributed by atoms with E-state index in [9.17, 15) is 0 Å². The molecular weight excluding hydrogens is 202 g/mol. The maximum Gasteiger partial charge on any atom is 0.0560 e. The first-order valence-electron chi connectivity index (χ1n) is 4.15. The average molecular weight is 215 g/mol. The van der Waals surface area contributed by atoms with Gasteiger partial charge in [-0.25, -0.2) is 0 Å². The molecule has 0 aromatic carbocycles. The van der Waals surface area contributed by atoms with E-state index in [-0.39, 0.29) is 0 Å². The van der Waals surface area contributed by atoms with E-state index in [1.165, 1.54) is 4.90 Å². The lowest BCUT2D eigenvalue weighted by molar-refractivity contribution is 0.167. The maximum atomic E-state index is 5.29. The Kier molecular flexibility index (Phi) is 6.06. The lowest BCUT2D eigenvalue weighted by Gasteiger charge is -2.01. The zero-order valence-corrected chi connectivity index (χ0v) is 9.06. The molecule has 0 aliphatic heterocycles. The number of rotatable bonds is 6. The molecule has 0 fully saturated rings. The molecule has 0 radical (unpaired) electrons. The zero-order chi connectivity index (χ0) is 9.36. The van der Waals surface area contributed by atoms with Crippen LogP contribution in [0, 0.1) is 0 Å². The number of hydrogen-bond donors (Lipinski definition) is 1. The fraction of sp³-hybridized carbons (Fsp3) is 0.444. The van der Waals surface area contributed by atoms with Crippen LogP contribution in [0.25, 0.3) is 0 Å². The van der Waals surface area contributed by atoms with Crippen molar-refractivity contribution in [3.05, 3.63) is 24.5 Å². The molecule has 0 saturated heterocycles. The van der Waals surface area contributed by atoms with E-state index in [1.54, 1.807) is 24.2 Å². The van der Waals surface area contributed by atoms with Crippen LogP contribution in [-0.2, 0) is 4.74 Å². The van der Waals surface area contributed by atoms with Crippen molar-refractivity contribution in [3.8, 4) is 0 Å². The van der Waals surface area contributed by atoms with Crippen molar-refractivity contribution in [2.45, 2.75) is 4.90 Å². The first kappa shape index (κ1) is 10.9. The second-order valence-electron chi connectivity index (χ2n) is 2.37. The average Bonchev–Trinajstić information content (AvgIpc) is 2.19. The Hall–Kier alpha value is -0.190. The first-order chi connectivity index (χ1) is 6.43. The molecule has 0 unspecified atom stereocenters. The van der Waals surface area contributed by atoms with Gasteiger partial charge >= 0.3 is 0 Å². The Morgan fingerprint density at radius 3 is 2.77 bits per heavy atom. The van der Waals surface area contributed by atoms with Gasteiger partial charge in [-0.15, -0.1) is 11.8 Å². The maximum absolute atomic E-state index is 5.29. The van der Waals surface area contributed by atoms with Crippen LogP contribution in [0.15, 0.2) is 29.4 Å². The predicted molar refractivity (Wildman–Crippen MR) is 59.6 cm³/mol. The van der Waals surface area contributed by atoms with Crippen molar-refractivity contribution in [1.82, 2.24) is 4.98 Å². The van der Waals surface area contributed by atoms with Crippen LogP contribution in [-0.4, -0.2) is 29.7 Å².